The summed E-state index contributed by atoms with van der Waals surface area (Å²) in [5, 5.41) is 12.9. The largest absolute Gasteiger partial charge is 0.508 e. The molecule has 1 heterocycles. The smallest absolute Gasteiger partial charge is 0.120 e. The number of aromatic hydroxyl groups is 1. The molecule has 1 aromatic heterocycles. The molecule has 88 valence electrons. The number of phenolic OH excluding ortho intramolecular Hbond substituents is 1. The van der Waals surface area contributed by atoms with Gasteiger partial charge in [0.1, 0.15) is 10.4 Å². The van der Waals surface area contributed by atoms with Gasteiger partial charge >= 0.3 is 0 Å². The topological polar surface area (TPSA) is 45.2 Å². The Labute approximate surface area is 109 Å². The number of phenols is 1. The van der Waals surface area contributed by atoms with Gasteiger partial charge in [0.2, 0.25) is 0 Å². The Morgan fingerprint density at radius 3 is 2.71 bits per heavy atom. The van der Waals surface area contributed by atoms with Gasteiger partial charge in [0, 0.05) is 12.1 Å². The molecular formula is C13H13BrN2O. The number of rotatable bonds is 3. The van der Waals surface area contributed by atoms with Crippen molar-refractivity contribution < 1.29 is 5.11 Å². The molecule has 0 aliphatic heterocycles. The molecule has 0 radical (unpaired) electrons. The Morgan fingerprint density at radius 2 is 2.00 bits per heavy atom. The summed E-state index contributed by atoms with van der Waals surface area (Å²) in [6.07, 6.45) is 0. The first-order valence-corrected chi connectivity index (χ1v) is 6.10. The van der Waals surface area contributed by atoms with Gasteiger partial charge in [-0.2, -0.15) is 0 Å². The van der Waals surface area contributed by atoms with Crippen molar-refractivity contribution in [3.8, 4) is 5.75 Å². The monoisotopic (exact) mass is 292 g/mol. The van der Waals surface area contributed by atoms with Crippen LogP contribution in [0.1, 0.15) is 11.3 Å². The van der Waals surface area contributed by atoms with Gasteiger partial charge in [0.25, 0.3) is 0 Å². The summed E-state index contributed by atoms with van der Waals surface area (Å²) in [7, 11) is 0. The zero-order valence-electron chi connectivity index (χ0n) is 9.44. The summed E-state index contributed by atoms with van der Waals surface area (Å²) in [5.41, 5.74) is 2.76. The maximum Gasteiger partial charge on any atom is 0.120 e. The molecule has 1 aromatic carbocycles. The first kappa shape index (κ1) is 11.9. The number of halogens is 1. The average Bonchev–Trinajstić information content (AvgIpc) is 2.30. The zero-order valence-corrected chi connectivity index (χ0v) is 11.0. The standard InChI is InChI=1S/C13H13BrN2O/c1-9-11(6-7-13(14)16-9)15-8-10-4-2-3-5-12(10)17/h2-7,15,17H,8H2,1H3. The number of aromatic nitrogens is 1. The Balaban J connectivity index is 2.10. The minimum atomic E-state index is 0.308. The van der Waals surface area contributed by atoms with Crippen LogP contribution in [0.25, 0.3) is 0 Å². The maximum absolute atomic E-state index is 9.64. The zero-order chi connectivity index (χ0) is 12.3. The number of benzene rings is 1. The predicted molar refractivity (Wildman–Crippen MR) is 72.1 cm³/mol. The van der Waals surface area contributed by atoms with Crippen LogP contribution in [0.15, 0.2) is 41.0 Å². The average molecular weight is 293 g/mol. The Morgan fingerprint density at radius 1 is 1.24 bits per heavy atom. The van der Waals surface area contributed by atoms with Crippen molar-refractivity contribution in [3.05, 3.63) is 52.3 Å². The van der Waals surface area contributed by atoms with Gasteiger partial charge in [-0.25, -0.2) is 4.98 Å². The number of nitrogens with zero attached hydrogens (tertiary/aromatic N) is 1. The summed E-state index contributed by atoms with van der Waals surface area (Å²) < 4.78 is 0.822. The molecule has 0 amide bonds. The van der Waals surface area contributed by atoms with Gasteiger partial charge in [-0.3, -0.25) is 0 Å². The molecule has 17 heavy (non-hydrogen) atoms. The lowest BCUT2D eigenvalue weighted by molar-refractivity contribution is 0.469. The quantitative estimate of drug-likeness (QED) is 0.852. The van der Waals surface area contributed by atoms with Crippen LogP contribution in [0.2, 0.25) is 0 Å². The third kappa shape index (κ3) is 2.97. The minimum Gasteiger partial charge on any atom is -0.508 e. The molecule has 0 unspecified atom stereocenters. The van der Waals surface area contributed by atoms with E-state index in [9.17, 15) is 5.11 Å². The van der Waals surface area contributed by atoms with Crippen LogP contribution in [0, 0.1) is 6.92 Å². The maximum atomic E-state index is 9.64. The van der Waals surface area contributed by atoms with Crippen LogP contribution in [-0.2, 0) is 6.54 Å². The van der Waals surface area contributed by atoms with Crippen molar-refractivity contribution in [1.82, 2.24) is 4.98 Å². The number of pyridine rings is 1. The van der Waals surface area contributed by atoms with E-state index in [0.717, 1.165) is 21.5 Å². The van der Waals surface area contributed by atoms with Crippen molar-refractivity contribution in [1.29, 1.82) is 0 Å². The van der Waals surface area contributed by atoms with Crippen LogP contribution in [0.3, 0.4) is 0 Å². The third-order valence-electron chi connectivity index (χ3n) is 2.51. The first-order chi connectivity index (χ1) is 8.16. The van der Waals surface area contributed by atoms with Crippen molar-refractivity contribution in [2.45, 2.75) is 13.5 Å². The second kappa shape index (κ2) is 5.19. The second-order valence-electron chi connectivity index (χ2n) is 3.75. The van der Waals surface area contributed by atoms with E-state index in [-0.39, 0.29) is 0 Å². The summed E-state index contributed by atoms with van der Waals surface area (Å²) in [4.78, 5) is 4.30. The number of hydrogen-bond acceptors (Lipinski definition) is 3. The number of para-hydroxylation sites is 1. The van der Waals surface area contributed by atoms with Crippen LogP contribution in [0.5, 0.6) is 5.75 Å². The van der Waals surface area contributed by atoms with Gasteiger partial charge in [0.15, 0.2) is 0 Å². The fraction of sp³-hybridized carbons (Fsp3) is 0.154. The lowest BCUT2D eigenvalue weighted by Gasteiger charge is -2.10. The van der Waals surface area contributed by atoms with Crippen molar-refractivity contribution in [2.75, 3.05) is 5.32 Å². The minimum absolute atomic E-state index is 0.308. The number of anilines is 1. The lowest BCUT2D eigenvalue weighted by Crippen LogP contribution is -2.02. The highest BCUT2D eigenvalue weighted by atomic mass is 79.9. The number of aryl methyl sites for hydroxylation is 1. The lowest BCUT2D eigenvalue weighted by atomic mass is 10.2. The molecule has 0 fully saturated rings. The third-order valence-corrected chi connectivity index (χ3v) is 2.95. The van der Waals surface area contributed by atoms with Crippen molar-refractivity contribution in [2.24, 2.45) is 0 Å². The van der Waals surface area contributed by atoms with E-state index in [1.807, 2.05) is 37.3 Å². The molecule has 4 heteroatoms. The highest BCUT2D eigenvalue weighted by Gasteiger charge is 2.02. The molecule has 0 bridgehead atoms. The van der Waals surface area contributed by atoms with E-state index in [4.69, 9.17) is 0 Å². The van der Waals surface area contributed by atoms with Gasteiger partial charge in [-0.15, -0.1) is 0 Å². The normalized spacial score (nSPS) is 10.2. The molecule has 0 saturated carbocycles. The van der Waals surface area contributed by atoms with Gasteiger partial charge in [0.05, 0.1) is 11.4 Å². The molecule has 2 aromatic rings. The van der Waals surface area contributed by atoms with E-state index < -0.39 is 0 Å². The van der Waals surface area contributed by atoms with Crippen LogP contribution >= 0.6 is 15.9 Å². The van der Waals surface area contributed by atoms with E-state index >= 15 is 0 Å². The second-order valence-corrected chi connectivity index (χ2v) is 4.56. The molecular weight excluding hydrogens is 280 g/mol. The van der Waals surface area contributed by atoms with Crippen molar-refractivity contribution in [3.63, 3.8) is 0 Å². The number of hydrogen-bond donors (Lipinski definition) is 2. The van der Waals surface area contributed by atoms with Gasteiger partial charge in [-0.1, -0.05) is 18.2 Å². The molecule has 2 N–H and O–H groups in total. The Bertz CT molecular complexity index is 529. The molecule has 0 saturated heterocycles. The van der Waals surface area contributed by atoms with Crippen LogP contribution < -0.4 is 5.32 Å². The van der Waals surface area contributed by atoms with E-state index in [0.29, 0.717) is 12.3 Å². The van der Waals surface area contributed by atoms with E-state index in [2.05, 4.69) is 26.2 Å². The molecule has 0 aliphatic rings. The summed E-state index contributed by atoms with van der Waals surface area (Å²) >= 11 is 3.33. The Kier molecular flexibility index (Phi) is 3.64. The summed E-state index contributed by atoms with van der Waals surface area (Å²) in [5.74, 6) is 0.308. The van der Waals surface area contributed by atoms with Gasteiger partial charge in [-0.05, 0) is 41.1 Å². The van der Waals surface area contributed by atoms with Crippen LogP contribution in [-0.4, -0.2) is 10.1 Å². The van der Waals surface area contributed by atoms with Crippen LogP contribution in [0.4, 0.5) is 5.69 Å². The first-order valence-electron chi connectivity index (χ1n) is 5.30. The molecule has 0 atom stereocenters. The number of nitrogens with one attached hydrogen (secondary N) is 1. The summed E-state index contributed by atoms with van der Waals surface area (Å²) in [6.45, 7) is 2.52. The predicted octanol–water partition coefficient (Wildman–Crippen LogP) is 3.47. The molecule has 2 rings (SSSR count). The fourth-order valence-electron chi connectivity index (χ4n) is 1.57. The van der Waals surface area contributed by atoms with E-state index in [1.54, 1.807) is 6.07 Å². The SMILES string of the molecule is Cc1nc(Br)ccc1NCc1ccccc1O. The highest BCUT2D eigenvalue weighted by molar-refractivity contribution is 9.10. The van der Waals surface area contributed by atoms with Crippen molar-refractivity contribution >= 4 is 21.6 Å². The van der Waals surface area contributed by atoms with Gasteiger partial charge < -0.3 is 10.4 Å². The Hall–Kier alpha value is -1.55. The van der Waals surface area contributed by atoms with E-state index in [1.165, 1.54) is 0 Å². The highest BCUT2D eigenvalue weighted by Crippen LogP contribution is 2.20. The molecule has 0 aliphatic carbocycles. The molecule has 0 spiro atoms. The molecule has 3 nitrogen and oxygen atoms in total. The fourth-order valence-corrected chi connectivity index (χ4v) is 1.97. The summed E-state index contributed by atoms with van der Waals surface area (Å²) in [6, 6.07) is 11.1.